The van der Waals surface area contributed by atoms with Crippen molar-refractivity contribution in [1.29, 1.82) is 0 Å². The lowest BCUT2D eigenvalue weighted by Crippen LogP contribution is -2.24. The summed E-state index contributed by atoms with van der Waals surface area (Å²) in [6.07, 6.45) is 2.01. The van der Waals surface area contributed by atoms with E-state index in [9.17, 15) is 4.79 Å². The number of ether oxygens (including phenoxy) is 2. The van der Waals surface area contributed by atoms with Gasteiger partial charge < -0.3 is 20.1 Å². The molecule has 0 aliphatic heterocycles. The second kappa shape index (κ2) is 8.38. The maximum atomic E-state index is 11.9. The van der Waals surface area contributed by atoms with Gasteiger partial charge in [-0.05, 0) is 18.6 Å². The van der Waals surface area contributed by atoms with Crippen molar-refractivity contribution >= 4 is 28.1 Å². The second-order valence-corrected chi connectivity index (χ2v) is 5.70. The molecule has 0 aliphatic carbocycles. The van der Waals surface area contributed by atoms with E-state index >= 15 is 0 Å². The largest absolute Gasteiger partial charge is 0.493 e. The number of thiazole rings is 1. The minimum Gasteiger partial charge on any atom is -0.493 e. The Morgan fingerprint density at radius 3 is 2.74 bits per heavy atom. The number of carbonyl (C=O) groups excluding carboxylic acids is 1. The molecule has 0 fully saturated rings. The van der Waals surface area contributed by atoms with Gasteiger partial charge in [-0.25, -0.2) is 4.98 Å². The van der Waals surface area contributed by atoms with Gasteiger partial charge in [0.2, 0.25) is 0 Å². The third kappa shape index (κ3) is 4.59. The highest BCUT2D eigenvalue weighted by atomic mass is 32.1. The Morgan fingerprint density at radius 2 is 2.04 bits per heavy atom. The molecule has 1 aromatic carbocycles. The molecular weight excluding hydrogens is 314 g/mol. The number of carbonyl (C=O) groups is 1. The maximum absolute atomic E-state index is 11.9. The highest BCUT2D eigenvalue weighted by Crippen LogP contribution is 2.31. The van der Waals surface area contributed by atoms with E-state index in [2.05, 4.69) is 22.5 Å². The molecule has 0 unspecified atom stereocenters. The van der Waals surface area contributed by atoms with Crippen molar-refractivity contribution in [3.8, 4) is 11.5 Å². The predicted octanol–water partition coefficient (Wildman–Crippen LogP) is 3.43. The number of methoxy groups -OCH3 is 2. The number of anilines is 2. The summed E-state index contributed by atoms with van der Waals surface area (Å²) in [6, 6.07) is 5.50. The van der Waals surface area contributed by atoms with Crippen LogP contribution in [0.2, 0.25) is 0 Å². The van der Waals surface area contributed by atoms with Crippen molar-refractivity contribution in [2.75, 3.05) is 26.1 Å². The van der Waals surface area contributed by atoms with Gasteiger partial charge in [-0.1, -0.05) is 13.3 Å². The lowest BCUT2D eigenvalue weighted by atomic mass is 10.3. The Bertz CT molecular complexity index is 658. The molecule has 1 heterocycles. The Kier molecular flexibility index (Phi) is 6.22. The molecule has 2 rings (SSSR count). The zero-order valence-corrected chi connectivity index (χ0v) is 14.3. The first kappa shape index (κ1) is 17.1. The van der Waals surface area contributed by atoms with E-state index in [0.29, 0.717) is 28.9 Å². The maximum Gasteiger partial charge on any atom is 0.270 e. The van der Waals surface area contributed by atoms with Crippen molar-refractivity contribution in [1.82, 2.24) is 10.3 Å². The predicted molar refractivity (Wildman–Crippen MR) is 92.2 cm³/mol. The van der Waals surface area contributed by atoms with Crippen LogP contribution in [0.5, 0.6) is 11.5 Å². The Hall–Kier alpha value is -2.28. The summed E-state index contributed by atoms with van der Waals surface area (Å²) in [5, 5.41) is 8.41. The highest BCUT2D eigenvalue weighted by Gasteiger charge is 2.11. The molecule has 0 radical (unpaired) electrons. The number of rotatable bonds is 8. The first-order valence-corrected chi connectivity index (χ1v) is 8.28. The summed E-state index contributed by atoms with van der Waals surface area (Å²) < 4.78 is 10.5. The van der Waals surface area contributed by atoms with Gasteiger partial charge in [-0.3, -0.25) is 4.79 Å². The quantitative estimate of drug-likeness (QED) is 0.723. The van der Waals surface area contributed by atoms with Crippen LogP contribution in [-0.4, -0.2) is 31.7 Å². The van der Waals surface area contributed by atoms with Crippen molar-refractivity contribution in [2.24, 2.45) is 0 Å². The van der Waals surface area contributed by atoms with Gasteiger partial charge in [-0.2, -0.15) is 0 Å². The molecule has 2 N–H and O–H groups in total. The zero-order chi connectivity index (χ0) is 16.7. The number of benzene rings is 1. The Morgan fingerprint density at radius 1 is 1.26 bits per heavy atom. The molecule has 0 aliphatic rings. The van der Waals surface area contributed by atoms with E-state index in [-0.39, 0.29) is 5.91 Å². The molecule has 1 amide bonds. The minimum absolute atomic E-state index is 0.143. The number of amides is 1. The monoisotopic (exact) mass is 335 g/mol. The SMILES string of the molecule is CCCCNC(=O)c1csc(Nc2ccc(OC)c(OC)c2)n1. The molecule has 0 bridgehead atoms. The summed E-state index contributed by atoms with van der Waals surface area (Å²) in [5.74, 6) is 1.15. The van der Waals surface area contributed by atoms with Crippen molar-refractivity contribution in [3.05, 3.63) is 29.3 Å². The number of nitrogens with zero attached hydrogens (tertiary/aromatic N) is 1. The zero-order valence-electron chi connectivity index (χ0n) is 13.5. The van der Waals surface area contributed by atoms with Crippen LogP contribution >= 0.6 is 11.3 Å². The average Bonchev–Trinajstić information content (AvgIpc) is 3.03. The van der Waals surface area contributed by atoms with Crippen molar-refractivity contribution < 1.29 is 14.3 Å². The molecular formula is C16H21N3O3S. The van der Waals surface area contributed by atoms with Crippen LogP contribution in [0, 0.1) is 0 Å². The number of nitrogens with one attached hydrogen (secondary N) is 2. The fraction of sp³-hybridized carbons (Fsp3) is 0.375. The van der Waals surface area contributed by atoms with E-state index in [4.69, 9.17) is 9.47 Å². The third-order valence-corrected chi connectivity index (χ3v) is 3.95. The molecule has 0 saturated carbocycles. The van der Waals surface area contributed by atoms with Gasteiger partial charge in [-0.15, -0.1) is 11.3 Å². The highest BCUT2D eigenvalue weighted by molar-refractivity contribution is 7.14. The van der Waals surface area contributed by atoms with E-state index in [0.717, 1.165) is 18.5 Å². The number of hydrogen-bond acceptors (Lipinski definition) is 6. The fourth-order valence-electron chi connectivity index (χ4n) is 1.94. The summed E-state index contributed by atoms with van der Waals surface area (Å²) in [5.41, 5.74) is 1.24. The van der Waals surface area contributed by atoms with Crippen LogP contribution in [0.25, 0.3) is 0 Å². The summed E-state index contributed by atoms with van der Waals surface area (Å²) in [7, 11) is 3.18. The molecule has 1 aromatic heterocycles. The topological polar surface area (TPSA) is 72.5 Å². The smallest absolute Gasteiger partial charge is 0.270 e. The first-order chi connectivity index (χ1) is 11.2. The standard InChI is InChI=1S/C16H21N3O3S/c1-4-5-8-17-15(20)12-10-23-16(19-12)18-11-6-7-13(21-2)14(9-11)22-3/h6-7,9-10H,4-5,8H2,1-3H3,(H,17,20)(H,18,19). The van der Waals surface area contributed by atoms with Gasteiger partial charge >= 0.3 is 0 Å². The molecule has 124 valence electrons. The van der Waals surface area contributed by atoms with Gasteiger partial charge in [0.1, 0.15) is 5.69 Å². The lowest BCUT2D eigenvalue weighted by Gasteiger charge is -2.09. The molecule has 23 heavy (non-hydrogen) atoms. The molecule has 2 aromatic rings. The summed E-state index contributed by atoms with van der Waals surface area (Å²) in [4.78, 5) is 16.2. The summed E-state index contributed by atoms with van der Waals surface area (Å²) in [6.45, 7) is 2.76. The third-order valence-electron chi connectivity index (χ3n) is 3.19. The molecule has 0 saturated heterocycles. The van der Waals surface area contributed by atoms with E-state index < -0.39 is 0 Å². The molecule has 0 spiro atoms. The van der Waals surface area contributed by atoms with Crippen LogP contribution in [-0.2, 0) is 0 Å². The van der Waals surface area contributed by atoms with Crippen LogP contribution in [0.4, 0.5) is 10.8 Å². The number of hydrogen-bond donors (Lipinski definition) is 2. The summed E-state index contributed by atoms with van der Waals surface area (Å²) >= 11 is 1.38. The van der Waals surface area contributed by atoms with Crippen LogP contribution in [0.3, 0.4) is 0 Å². The first-order valence-electron chi connectivity index (χ1n) is 7.40. The van der Waals surface area contributed by atoms with Crippen LogP contribution < -0.4 is 20.1 Å². The van der Waals surface area contributed by atoms with E-state index in [1.165, 1.54) is 11.3 Å². The number of aromatic nitrogens is 1. The lowest BCUT2D eigenvalue weighted by molar-refractivity contribution is 0.0949. The van der Waals surface area contributed by atoms with Crippen LogP contribution in [0.15, 0.2) is 23.6 Å². The second-order valence-electron chi connectivity index (χ2n) is 4.84. The average molecular weight is 335 g/mol. The van der Waals surface area contributed by atoms with Crippen molar-refractivity contribution in [3.63, 3.8) is 0 Å². The normalized spacial score (nSPS) is 10.2. The number of unbranched alkanes of at least 4 members (excludes halogenated alkanes) is 1. The van der Waals surface area contributed by atoms with E-state index in [1.807, 2.05) is 18.2 Å². The molecule has 6 nitrogen and oxygen atoms in total. The van der Waals surface area contributed by atoms with Gasteiger partial charge in [0.15, 0.2) is 16.6 Å². The molecule has 7 heteroatoms. The Balaban J connectivity index is 2.02. The van der Waals surface area contributed by atoms with E-state index in [1.54, 1.807) is 19.6 Å². The van der Waals surface area contributed by atoms with Crippen LogP contribution in [0.1, 0.15) is 30.3 Å². The molecule has 0 atom stereocenters. The van der Waals surface area contributed by atoms with Crippen molar-refractivity contribution in [2.45, 2.75) is 19.8 Å². The minimum atomic E-state index is -0.143. The van der Waals surface area contributed by atoms with Gasteiger partial charge in [0.05, 0.1) is 14.2 Å². The Labute approximate surface area is 139 Å². The fourth-order valence-corrected chi connectivity index (χ4v) is 2.65. The van der Waals surface area contributed by atoms with Gasteiger partial charge in [0, 0.05) is 23.7 Å². The van der Waals surface area contributed by atoms with Gasteiger partial charge in [0.25, 0.3) is 5.91 Å².